The topological polar surface area (TPSA) is 241 Å². The second kappa shape index (κ2) is 18.6. The number of aliphatic carboxylic acids is 1. The second-order valence-corrected chi connectivity index (χ2v) is 9.86. The van der Waals surface area contributed by atoms with Gasteiger partial charge in [0.05, 0.1) is 6.04 Å². The molecular formula is C27H46N8O5. The third-order valence-electron chi connectivity index (χ3n) is 6.57. The number of nitrogens with two attached hydrogens (primary N) is 4. The minimum absolute atomic E-state index is 0.109. The minimum Gasteiger partial charge on any atom is -0.480 e. The maximum absolute atomic E-state index is 13.4. The fourth-order valence-corrected chi connectivity index (χ4v) is 3.98. The van der Waals surface area contributed by atoms with Crippen molar-refractivity contribution in [2.45, 2.75) is 83.0 Å². The number of carboxylic acid groups (broad SMARTS) is 1. The van der Waals surface area contributed by atoms with Crippen molar-refractivity contribution in [2.24, 2.45) is 33.8 Å². The van der Waals surface area contributed by atoms with E-state index in [4.69, 9.17) is 22.9 Å². The Morgan fingerprint density at radius 2 is 1.52 bits per heavy atom. The molecule has 224 valence electrons. The van der Waals surface area contributed by atoms with Gasteiger partial charge in [0.25, 0.3) is 0 Å². The van der Waals surface area contributed by atoms with E-state index in [2.05, 4.69) is 20.9 Å². The molecule has 0 bridgehead atoms. The third kappa shape index (κ3) is 12.9. The first-order valence-corrected chi connectivity index (χ1v) is 13.7. The van der Waals surface area contributed by atoms with Crippen molar-refractivity contribution in [1.29, 1.82) is 0 Å². The van der Waals surface area contributed by atoms with Gasteiger partial charge in [0.2, 0.25) is 17.7 Å². The summed E-state index contributed by atoms with van der Waals surface area (Å²) in [7, 11) is 0. The summed E-state index contributed by atoms with van der Waals surface area (Å²) >= 11 is 0. The first-order valence-electron chi connectivity index (χ1n) is 13.7. The summed E-state index contributed by atoms with van der Waals surface area (Å²) in [5.74, 6) is -3.31. The predicted molar refractivity (Wildman–Crippen MR) is 154 cm³/mol. The number of unbranched alkanes of at least 4 members (excludes halogenated alkanes) is 1. The lowest BCUT2D eigenvalue weighted by atomic mass is 9.96. The molecule has 3 amide bonds. The van der Waals surface area contributed by atoms with Crippen LogP contribution in [0.25, 0.3) is 0 Å². The van der Waals surface area contributed by atoms with Crippen molar-refractivity contribution in [3.8, 4) is 0 Å². The van der Waals surface area contributed by atoms with Gasteiger partial charge in [0.1, 0.15) is 18.1 Å². The normalized spacial score (nSPS) is 14.6. The number of guanidine groups is 1. The van der Waals surface area contributed by atoms with Crippen LogP contribution >= 0.6 is 0 Å². The van der Waals surface area contributed by atoms with Gasteiger partial charge in [-0.15, -0.1) is 0 Å². The highest BCUT2D eigenvalue weighted by atomic mass is 16.4. The van der Waals surface area contributed by atoms with Crippen LogP contribution < -0.4 is 38.9 Å². The fraction of sp³-hybridized carbons (Fsp3) is 0.593. The number of carbonyl (C=O) groups is 4. The highest BCUT2D eigenvalue weighted by molar-refractivity contribution is 5.94. The number of amides is 3. The number of carboxylic acids is 1. The highest BCUT2D eigenvalue weighted by Gasteiger charge is 2.32. The van der Waals surface area contributed by atoms with Gasteiger partial charge in [0.15, 0.2) is 5.96 Å². The molecule has 0 saturated carbocycles. The molecule has 1 aromatic rings. The van der Waals surface area contributed by atoms with Crippen LogP contribution in [-0.4, -0.2) is 72.0 Å². The van der Waals surface area contributed by atoms with Crippen molar-refractivity contribution in [3.63, 3.8) is 0 Å². The van der Waals surface area contributed by atoms with Crippen LogP contribution in [-0.2, 0) is 25.6 Å². The van der Waals surface area contributed by atoms with Crippen molar-refractivity contribution >= 4 is 29.7 Å². The van der Waals surface area contributed by atoms with Crippen LogP contribution in [0.1, 0.15) is 57.9 Å². The first kappa shape index (κ1) is 34.3. The number of nitrogens with one attached hydrogen (secondary N) is 3. The zero-order valence-electron chi connectivity index (χ0n) is 23.5. The van der Waals surface area contributed by atoms with Crippen LogP contribution in [0.3, 0.4) is 0 Å². The Morgan fingerprint density at radius 3 is 2.10 bits per heavy atom. The number of benzene rings is 1. The Morgan fingerprint density at radius 1 is 0.900 bits per heavy atom. The molecular weight excluding hydrogens is 516 g/mol. The van der Waals surface area contributed by atoms with Gasteiger partial charge in [-0.2, -0.15) is 0 Å². The van der Waals surface area contributed by atoms with E-state index in [1.807, 2.05) is 37.3 Å². The van der Waals surface area contributed by atoms with Crippen LogP contribution in [0.2, 0.25) is 0 Å². The number of hydrogen-bond donors (Lipinski definition) is 8. The molecule has 0 saturated heterocycles. The smallest absolute Gasteiger partial charge is 0.326 e. The average molecular weight is 563 g/mol. The molecule has 5 atom stereocenters. The van der Waals surface area contributed by atoms with Gasteiger partial charge in [-0.3, -0.25) is 19.4 Å². The minimum atomic E-state index is -1.19. The quantitative estimate of drug-likeness (QED) is 0.0604. The summed E-state index contributed by atoms with van der Waals surface area (Å²) in [5, 5.41) is 17.5. The molecule has 13 heteroatoms. The van der Waals surface area contributed by atoms with Crippen molar-refractivity contribution in [3.05, 3.63) is 35.9 Å². The van der Waals surface area contributed by atoms with Crippen molar-refractivity contribution in [2.75, 3.05) is 13.1 Å². The van der Waals surface area contributed by atoms with Gasteiger partial charge < -0.3 is 44.0 Å². The molecule has 1 aromatic carbocycles. The summed E-state index contributed by atoms with van der Waals surface area (Å²) < 4.78 is 0. The van der Waals surface area contributed by atoms with Crippen LogP contribution in [0, 0.1) is 5.92 Å². The van der Waals surface area contributed by atoms with Gasteiger partial charge in [-0.25, -0.2) is 4.79 Å². The summed E-state index contributed by atoms with van der Waals surface area (Å²) in [6.07, 6.45) is 2.65. The molecule has 0 spiro atoms. The van der Waals surface area contributed by atoms with Gasteiger partial charge in [0, 0.05) is 6.54 Å². The van der Waals surface area contributed by atoms with Gasteiger partial charge >= 0.3 is 5.97 Å². The van der Waals surface area contributed by atoms with E-state index in [-0.39, 0.29) is 37.7 Å². The largest absolute Gasteiger partial charge is 0.480 e. The molecule has 13 nitrogen and oxygen atoms in total. The van der Waals surface area contributed by atoms with E-state index in [9.17, 15) is 24.3 Å². The number of carbonyl (C=O) groups excluding carboxylic acids is 3. The number of nitrogens with zero attached hydrogens (tertiary/aromatic N) is 1. The number of rotatable bonds is 19. The van der Waals surface area contributed by atoms with Gasteiger partial charge in [-0.05, 0) is 56.6 Å². The molecule has 0 aliphatic carbocycles. The third-order valence-corrected chi connectivity index (χ3v) is 6.57. The SMILES string of the molecule is CCC(C)C(NC(=O)C(N)Cc1ccccc1)C(=O)NC(CCCN=C(N)N)C(=O)NC(CCCCN)C(=O)O. The van der Waals surface area contributed by atoms with E-state index in [0.29, 0.717) is 32.2 Å². The van der Waals surface area contributed by atoms with E-state index in [0.717, 1.165) is 5.56 Å². The van der Waals surface area contributed by atoms with Gasteiger partial charge in [-0.1, -0.05) is 50.6 Å². The van der Waals surface area contributed by atoms with E-state index in [1.165, 1.54) is 0 Å². The van der Waals surface area contributed by atoms with Crippen LogP contribution in [0.5, 0.6) is 0 Å². The summed E-state index contributed by atoms with van der Waals surface area (Å²) in [6, 6.07) is 5.20. The Balaban J connectivity index is 3.02. The summed E-state index contributed by atoms with van der Waals surface area (Å²) in [6.45, 7) is 4.29. The molecule has 12 N–H and O–H groups in total. The molecule has 0 fully saturated rings. The highest BCUT2D eigenvalue weighted by Crippen LogP contribution is 2.11. The Kier molecular flexibility index (Phi) is 15.9. The molecule has 0 heterocycles. The zero-order valence-corrected chi connectivity index (χ0v) is 23.5. The number of aliphatic imine (C=N–C) groups is 1. The summed E-state index contributed by atoms with van der Waals surface area (Å²) in [4.78, 5) is 55.1. The van der Waals surface area contributed by atoms with Crippen molar-refractivity contribution in [1.82, 2.24) is 16.0 Å². The monoisotopic (exact) mass is 562 g/mol. The second-order valence-electron chi connectivity index (χ2n) is 9.86. The van der Waals surface area contributed by atoms with E-state index in [1.54, 1.807) is 6.92 Å². The Hall–Kier alpha value is -3.71. The Labute approximate surface area is 235 Å². The molecule has 1 rings (SSSR count). The van der Waals surface area contributed by atoms with Crippen molar-refractivity contribution < 1.29 is 24.3 Å². The van der Waals surface area contributed by atoms with Crippen LogP contribution in [0.4, 0.5) is 0 Å². The maximum Gasteiger partial charge on any atom is 0.326 e. The fourth-order valence-electron chi connectivity index (χ4n) is 3.98. The Bertz CT molecular complexity index is 971. The molecule has 0 aromatic heterocycles. The molecule has 5 unspecified atom stereocenters. The molecule has 0 aliphatic rings. The molecule has 40 heavy (non-hydrogen) atoms. The van der Waals surface area contributed by atoms with E-state index < -0.39 is 47.9 Å². The lowest BCUT2D eigenvalue weighted by molar-refractivity contribution is -0.142. The molecule has 0 aliphatic heterocycles. The zero-order chi connectivity index (χ0) is 30.1. The molecule has 0 radical (unpaired) electrons. The first-order chi connectivity index (χ1) is 19.0. The van der Waals surface area contributed by atoms with Crippen LogP contribution in [0.15, 0.2) is 35.3 Å². The average Bonchev–Trinajstić information content (AvgIpc) is 2.92. The van der Waals surface area contributed by atoms with E-state index >= 15 is 0 Å². The lowest BCUT2D eigenvalue weighted by Gasteiger charge is -2.28. The maximum atomic E-state index is 13.4. The standard InChI is InChI=1S/C27H46N8O5/c1-3-17(2)22(35-23(36)19(29)16-18-10-5-4-6-11-18)25(38)33-20(13-9-15-32-27(30)31)24(37)34-21(26(39)40)12-7-8-14-28/h4-6,10-11,17,19-22H,3,7-9,12-16,28-29H2,1-2H3,(H,33,38)(H,34,37)(H,35,36)(H,39,40)(H4,30,31,32). The number of hydrogen-bond acceptors (Lipinski definition) is 7. The predicted octanol–water partition coefficient (Wildman–Crippen LogP) is -0.676. The summed E-state index contributed by atoms with van der Waals surface area (Å²) in [5.41, 5.74) is 23.2. The lowest BCUT2D eigenvalue weighted by Crippen LogP contribution is -2.58.